The number of piperazine rings is 1. The first-order valence-corrected chi connectivity index (χ1v) is 7.11. The largest absolute Gasteiger partial charge is 0.508 e. The van der Waals surface area contributed by atoms with Crippen LogP contribution in [0.3, 0.4) is 0 Å². The second-order valence-corrected chi connectivity index (χ2v) is 5.03. The average molecular weight is 309 g/mol. The van der Waals surface area contributed by atoms with E-state index in [1.165, 1.54) is 18.2 Å². The molecule has 1 aliphatic rings. The van der Waals surface area contributed by atoms with Gasteiger partial charge in [0.05, 0.1) is 11.5 Å². The highest BCUT2D eigenvalue weighted by Gasteiger charge is 2.23. The van der Waals surface area contributed by atoms with Crippen LogP contribution in [0.2, 0.25) is 0 Å². The number of hydrogen-bond donors (Lipinski definition) is 1. The molecule has 1 aliphatic heterocycles. The van der Waals surface area contributed by atoms with Gasteiger partial charge in [0.2, 0.25) is 0 Å². The molecule has 1 amide bonds. The van der Waals surface area contributed by atoms with Gasteiger partial charge in [-0.25, -0.2) is 4.79 Å². The van der Waals surface area contributed by atoms with E-state index in [2.05, 4.69) is 0 Å². The van der Waals surface area contributed by atoms with E-state index in [0.717, 1.165) is 0 Å². The lowest BCUT2D eigenvalue weighted by atomic mass is 10.1. The normalized spacial score (nSPS) is 15.6. The smallest absolute Gasteiger partial charge is 0.409 e. The van der Waals surface area contributed by atoms with E-state index in [1.807, 2.05) is 4.90 Å². The third-order valence-corrected chi connectivity index (χ3v) is 3.57. The third kappa shape index (κ3) is 3.85. The summed E-state index contributed by atoms with van der Waals surface area (Å²) < 4.78 is 4.95. The maximum atomic E-state index is 11.6. The first-order valence-electron chi connectivity index (χ1n) is 7.11. The van der Waals surface area contributed by atoms with Crippen LogP contribution < -0.4 is 0 Å². The Morgan fingerprint density at radius 3 is 2.64 bits per heavy atom. The molecular weight excluding hydrogens is 290 g/mol. The van der Waals surface area contributed by atoms with Gasteiger partial charge in [-0.05, 0) is 13.0 Å². The predicted molar refractivity (Wildman–Crippen MR) is 78.6 cm³/mol. The number of benzene rings is 1. The summed E-state index contributed by atoms with van der Waals surface area (Å²) in [7, 11) is 0. The molecule has 0 saturated carbocycles. The summed E-state index contributed by atoms with van der Waals surface area (Å²) in [5.41, 5.74) is 0.469. The summed E-state index contributed by atoms with van der Waals surface area (Å²) in [6.07, 6.45) is -0.319. The van der Waals surface area contributed by atoms with Gasteiger partial charge in [-0.3, -0.25) is 15.0 Å². The number of nitro groups is 1. The number of phenolic OH excluding ortho intramolecular Hbond substituents is 1. The Labute approximate surface area is 128 Å². The van der Waals surface area contributed by atoms with E-state index in [9.17, 15) is 20.0 Å². The molecule has 1 fully saturated rings. The Hall–Kier alpha value is -2.35. The van der Waals surface area contributed by atoms with Crippen molar-refractivity contribution in [1.82, 2.24) is 9.80 Å². The summed E-state index contributed by atoms with van der Waals surface area (Å²) >= 11 is 0. The molecule has 1 heterocycles. The van der Waals surface area contributed by atoms with Crippen LogP contribution in [-0.2, 0) is 11.3 Å². The van der Waals surface area contributed by atoms with Crippen LogP contribution in [-0.4, -0.2) is 58.7 Å². The Morgan fingerprint density at radius 2 is 2.05 bits per heavy atom. The molecule has 0 bridgehead atoms. The molecule has 0 spiro atoms. The number of carbonyl (C=O) groups excluding carboxylic acids is 1. The molecule has 8 heteroatoms. The van der Waals surface area contributed by atoms with Crippen LogP contribution in [0, 0.1) is 10.1 Å². The molecule has 0 aromatic heterocycles. The number of carbonyl (C=O) groups is 1. The van der Waals surface area contributed by atoms with Crippen molar-refractivity contribution in [3.63, 3.8) is 0 Å². The Balaban J connectivity index is 1.95. The maximum Gasteiger partial charge on any atom is 0.409 e. The number of aromatic hydroxyl groups is 1. The van der Waals surface area contributed by atoms with Gasteiger partial charge in [0.1, 0.15) is 5.75 Å². The zero-order valence-corrected chi connectivity index (χ0v) is 12.4. The van der Waals surface area contributed by atoms with Gasteiger partial charge in [-0.1, -0.05) is 0 Å². The van der Waals surface area contributed by atoms with Crippen molar-refractivity contribution in [2.45, 2.75) is 13.5 Å². The summed E-state index contributed by atoms with van der Waals surface area (Å²) in [5.74, 6) is 0.0402. The third-order valence-electron chi connectivity index (χ3n) is 3.57. The van der Waals surface area contributed by atoms with E-state index in [-0.39, 0.29) is 17.5 Å². The number of nitro benzene ring substituents is 1. The summed E-state index contributed by atoms with van der Waals surface area (Å²) in [5, 5.41) is 20.6. The van der Waals surface area contributed by atoms with Crippen LogP contribution in [0.15, 0.2) is 18.2 Å². The van der Waals surface area contributed by atoms with Crippen molar-refractivity contribution >= 4 is 11.8 Å². The van der Waals surface area contributed by atoms with Crippen molar-refractivity contribution in [2.75, 3.05) is 32.8 Å². The molecule has 2 rings (SSSR count). The SMILES string of the molecule is CCOC(=O)N1CCN(Cc2cc([N+](=O)[O-])ccc2O)CC1. The lowest BCUT2D eigenvalue weighted by molar-refractivity contribution is -0.385. The Kier molecular flexibility index (Phi) is 5.16. The predicted octanol–water partition coefficient (Wildman–Crippen LogP) is 1.57. The highest BCUT2D eigenvalue weighted by atomic mass is 16.6. The molecule has 1 N–H and O–H groups in total. The van der Waals surface area contributed by atoms with Gasteiger partial charge < -0.3 is 14.7 Å². The van der Waals surface area contributed by atoms with Crippen LogP contribution >= 0.6 is 0 Å². The molecule has 1 saturated heterocycles. The molecule has 0 unspecified atom stereocenters. The van der Waals surface area contributed by atoms with Gasteiger partial charge in [0, 0.05) is 50.4 Å². The minimum absolute atomic E-state index is 0.0402. The molecule has 1 aromatic carbocycles. The highest BCUT2D eigenvalue weighted by molar-refractivity contribution is 5.67. The lowest BCUT2D eigenvalue weighted by Gasteiger charge is -2.34. The molecule has 0 aliphatic carbocycles. The summed E-state index contributed by atoms with van der Waals surface area (Å²) in [4.78, 5) is 25.6. The minimum atomic E-state index is -0.484. The van der Waals surface area contributed by atoms with E-state index in [0.29, 0.717) is 44.9 Å². The van der Waals surface area contributed by atoms with Gasteiger partial charge in [0.15, 0.2) is 0 Å². The number of nitrogens with zero attached hydrogens (tertiary/aromatic N) is 3. The summed E-state index contributed by atoms with van der Waals surface area (Å²) in [6.45, 7) is 4.84. The lowest BCUT2D eigenvalue weighted by Crippen LogP contribution is -2.48. The number of rotatable bonds is 4. The molecule has 1 aromatic rings. The number of ether oxygens (including phenoxy) is 1. The first kappa shape index (κ1) is 16.0. The minimum Gasteiger partial charge on any atom is -0.508 e. The quantitative estimate of drug-likeness (QED) is 0.670. The maximum absolute atomic E-state index is 11.6. The first-order chi connectivity index (χ1) is 10.5. The van der Waals surface area contributed by atoms with Crippen LogP contribution in [0.25, 0.3) is 0 Å². The van der Waals surface area contributed by atoms with Crippen LogP contribution in [0.4, 0.5) is 10.5 Å². The fraction of sp³-hybridized carbons (Fsp3) is 0.500. The number of amides is 1. The molecule has 120 valence electrons. The van der Waals surface area contributed by atoms with Crippen molar-refractivity contribution in [3.05, 3.63) is 33.9 Å². The molecular formula is C14H19N3O5. The Morgan fingerprint density at radius 1 is 1.36 bits per heavy atom. The van der Waals surface area contributed by atoms with Crippen molar-refractivity contribution < 1.29 is 19.6 Å². The molecule has 0 atom stereocenters. The fourth-order valence-electron chi connectivity index (χ4n) is 2.36. The van der Waals surface area contributed by atoms with E-state index < -0.39 is 4.92 Å². The topological polar surface area (TPSA) is 96.2 Å². The number of phenols is 1. The molecule has 0 radical (unpaired) electrons. The Bertz CT molecular complexity index is 555. The average Bonchev–Trinajstić information content (AvgIpc) is 2.50. The fourth-order valence-corrected chi connectivity index (χ4v) is 2.36. The van der Waals surface area contributed by atoms with Gasteiger partial charge in [-0.15, -0.1) is 0 Å². The molecule has 8 nitrogen and oxygen atoms in total. The van der Waals surface area contributed by atoms with E-state index in [4.69, 9.17) is 4.74 Å². The highest BCUT2D eigenvalue weighted by Crippen LogP contribution is 2.24. The standard InChI is InChI=1S/C14H19N3O5/c1-2-22-14(19)16-7-5-15(6-8-16)10-11-9-12(17(20)21)3-4-13(11)18/h3-4,9,18H,2,5-8,10H2,1H3. The van der Waals surface area contributed by atoms with Gasteiger partial charge >= 0.3 is 6.09 Å². The van der Waals surface area contributed by atoms with Crippen molar-refractivity contribution in [3.8, 4) is 5.75 Å². The van der Waals surface area contributed by atoms with Crippen LogP contribution in [0.1, 0.15) is 12.5 Å². The number of hydrogen-bond acceptors (Lipinski definition) is 6. The molecule has 22 heavy (non-hydrogen) atoms. The monoisotopic (exact) mass is 309 g/mol. The zero-order chi connectivity index (χ0) is 16.1. The second-order valence-electron chi connectivity index (χ2n) is 5.03. The second kappa shape index (κ2) is 7.08. The zero-order valence-electron chi connectivity index (χ0n) is 12.4. The van der Waals surface area contributed by atoms with E-state index >= 15 is 0 Å². The van der Waals surface area contributed by atoms with Crippen molar-refractivity contribution in [1.29, 1.82) is 0 Å². The van der Waals surface area contributed by atoms with Crippen molar-refractivity contribution in [2.24, 2.45) is 0 Å². The van der Waals surface area contributed by atoms with Gasteiger partial charge in [0.25, 0.3) is 5.69 Å². The number of non-ortho nitro benzene ring substituents is 1. The van der Waals surface area contributed by atoms with Crippen LogP contribution in [0.5, 0.6) is 5.75 Å². The summed E-state index contributed by atoms with van der Waals surface area (Å²) in [6, 6.07) is 3.99. The van der Waals surface area contributed by atoms with E-state index in [1.54, 1.807) is 11.8 Å². The van der Waals surface area contributed by atoms with Gasteiger partial charge in [-0.2, -0.15) is 0 Å².